The molecule has 3 aromatic rings. The summed E-state index contributed by atoms with van der Waals surface area (Å²) in [6.45, 7) is 1.92. The number of benzene rings is 1. The molecule has 2 aromatic heterocycles. The van der Waals surface area contributed by atoms with Gasteiger partial charge in [-0.2, -0.15) is 0 Å². The number of amides is 1. The molecule has 0 unspecified atom stereocenters. The molecule has 6 heteroatoms. The molecule has 0 saturated heterocycles. The van der Waals surface area contributed by atoms with E-state index in [2.05, 4.69) is 10.3 Å². The van der Waals surface area contributed by atoms with E-state index >= 15 is 0 Å². The Morgan fingerprint density at radius 1 is 1.26 bits per heavy atom. The second-order valence-corrected chi connectivity index (χ2v) is 6.95. The van der Waals surface area contributed by atoms with E-state index in [1.54, 1.807) is 29.5 Å². The normalized spacial score (nSPS) is 11.0. The fourth-order valence-corrected chi connectivity index (χ4v) is 3.47. The van der Waals surface area contributed by atoms with E-state index in [0.29, 0.717) is 5.13 Å². The van der Waals surface area contributed by atoms with Gasteiger partial charge in [-0.3, -0.25) is 10.1 Å². The SMILES string of the molecule is Cc1sc(NC(=O)/C=C/c2cccs2)nc1-c1ccc(F)cc1. The molecular weight excluding hydrogens is 331 g/mol. The lowest BCUT2D eigenvalue weighted by Crippen LogP contribution is -2.07. The first-order valence-corrected chi connectivity index (χ1v) is 8.57. The Morgan fingerprint density at radius 2 is 2.04 bits per heavy atom. The molecule has 0 atom stereocenters. The van der Waals surface area contributed by atoms with Gasteiger partial charge in [-0.1, -0.05) is 6.07 Å². The summed E-state index contributed by atoms with van der Waals surface area (Å²) in [6, 6.07) is 10.0. The number of carbonyl (C=O) groups is 1. The van der Waals surface area contributed by atoms with E-state index in [-0.39, 0.29) is 11.7 Å². The maximum absolute atomic E-state index is 13.0. The Hall–Kier alpha value is -2.31. The molecule has 0 fully saturated rings. The van der Waals surface area contributed by atoms with Crippen molar-refractivity contribution in [3.05, 3.63) is 63.4 Å². The van der Waals surface area contributed by atoms with E-state index in [1.807, 2.05) is 24.4 Å². The highest BCUT2D eigenvalue weighted by molar-refractivity contribution is 7.16. The molecule has 3 nitrogen and oxygen atoms in total. The fourth-order valence-electron chi connectivity index (χ4n) is 2.02. The Kier molecular flexibility index (Phi) is 4.64. The summed E-state index contributed by atoms with van der Waals surface area (Å²) in [5.41, 5.74) is 1.59. The third-order valence-corrected chi connectivity index (χ3v) is 4.81. The van der Waals surface area contributed by atoms with Gasteiger partial charge in [-0.05, 0) is 48.7 Å². The molecule has 1 amide bonds. The molecule has 116 valence electrons. The number of nitrogens with one attached hydrogen (secondary N) is 1. The van der Waals surface area contributed by atoms with Gasteiger partial charge in [0.2, 0.25) is 5.91 Å². The van der Waals surface area contributed by atoms with Crippen molar-refractivity contribution in [2.75, 3.05) is 5.32 Å². The van der Waals surface area contributed by atoms with Crippen molar-refractivity contribution in [1.29, 1.82) is 0 Å². The molecule has 1 N–H and O–H groups in total. The average molecular weight is 344 g/mol. The topological polar surface area (TPSA) is 42.0 Å². The summed E-state index contributed by atoms with van der Waals surface area (Å²) in [4.78, 5) is 18.3. The number of aryl methyl sites for hydroxylation is 1. The number of thiazole rings is 1. The zero-order chi connectivity index (χ0) is 16.2. The highest BCUT2D eigenvalue weighted by Crippen LogP contribution is 2.30. The van der Waals surface area contributed by atoms with Crippen LogP contribution in [0.5, 0.6) is 0 Å². The van der Waals surface area contributed by atoms with Crippen LogP contribution in [0.4, 0.5) is 9.52 Å². The molecule has 0 aliphatic carbocycles. The first-order valence-electron chi connectivity index (χ1n) is 6.88. The Balaban J connectivity index is 1.73. The van der Waals surface area contributed by atoms with Gasteiger partial charge in [0.25, 0.3) is 0 Å². The predicted molar refractivity (Wildman–Crippen MR) is 94.2 cm³/mol. The molecule has 1 aromatic carbocycles. The van der Waals surface area contributed by atoms with Crippen LogP contribution in [-0.2, 0) is 4.79 Å². The second-order valence-electron chi connectivity index (χ2n) is 4.77. The van der Waals surface area contributed by atoms with Crippen molar-refractivity contribution in [3.8, 4) is 11.3 Å². The molecule has 0 radical (unpaired) electrons. The quantitative estimate of drug-likeness (QED) is 0.679. The number of hydrogen-bond acceptors (Lipinski definition) is 4. The summed E-state index contributed by atoms with van der Waals surface area (Å²) < 4.78 is 13.0. The van der Waals surface area contributed by atoms with Gasteiger partial charge in [-0.15, -0.1) is 22.7 Å². The molecule has 0 aliphatic rings. The number of hydrogen-bond donors (Lipinski definition) is 1. The van der Waals surface area contributed by atoms with Crippen molar-refractivity contribution >= 4 is 39.8 Å². The van der Waals surface area contributed by atoms with Crippen LogP contribution < -0.4 is 5.32 Å². The van der Waals surface area contributed by atoms with Crippen LogP contribution >= 0.6 is 22.7 Å². The first-order chi connectivity index (χ1) is 11.1. The molecule has 3 rings (SSSR count). The zero-order valence-corrected chi connectivity index (χ0v) is 13.9. The molecule has 23 heavy (non-hydrogen) atoms. The first kappa shape index (κ1) is 15.6. The lowest BCUT2D eigenvalue weighted by atomic mass is 10.1. The van der Waals surface area contributed by atoms with Crippen molar-refractivity contribution < 1.29 is 9.18 Å². The summed E-state index contributed by atoms with van der Waals surface area (Å²) in [7, 11) is 0. The molecule has 2 heterocycles. The van der Waals surface area contributed by atoms with E-state index in [4.69, 9.17) is 0 Å². The maximum Gasteiger partial charge on any atom is 0.250 e. The van der Waals surface area contributed by atoms with Crippen LogP contribution in [0.15, 0.2) is 47.9 Å². The van der Waals surface area contributed by atoms with Crippen LogP contribution in [0.25, 0.3) is 17.3 Å². The number of aromatic nitrogens is 1. The van der Waals surface area contributed by atoms with Crippen LogP contribution in [0.2, 0.25) is 0 Å². The van der Waals surface area contributed by atoms with Crippen LogP contribution in [0.3, 0.4) is 0 Å². The van der Waals surface area contributed by atoms with E-state index < -0.39 is 0 Å². The largest absolute Gasteiger partial charge is 0.298 e. The summed E-state index contributed by atoms with van der Waals surface area (Å²) >= 11 is 2.96. The standard InChI is InChI=1S/C17H13FN2OS2/c1-11-16(12-4-6-13(18)7-5-12)20-17(23-11)19-15(21)9-8-14-3-2-10-22-14/h2-10H,1H3,(H,19,20,21)/b9-8+. The predicted octanol–water partition coefficient (Wildman–Crippen LogP) is 4.97. The summed E-state index contributed by atoms with van der Waals surface area (Å²) in [6.07, 6.45) is 3.25. The second kappa shape index (κ2) is 6.85. The van der Waals surface area contributed by atoms with Gasteiger partial charge in [0, 0.05) is 21.4 Å². The highest BCUT2D eigenvalue weighted by Gasteiger charge is 2.11. The molecule has 0 aliphatic heterocycles. The van der Waals surface area contributed by atoms with Crippen molar-refractivity contribution in [2.45, 2.75) is 6.92 Å². The smallest absolute Gasteiger partial charge is 0.250 e. The van der Waals surface area contributed by atoms with Gasteiger partial charge in [0.1, 0.15) is 5.82 Å². The van der Waals surface area contributed by atoms with Crippen molar-refractivity contribution in [2.24, 2.45) is 0 Å². The van der Waals surface area contributed by atoms with Gasteiger partial charge >= 0.3 is 0 Å². The number of thiophene rings is 1. The number of halogens is 1. The lowest BCUT2D eigenvalue weighted by molar-refractivity contribution is -0.111. The third kappa shape index (κ3) is 3.91. The van der Waals surface area contributed by atoms with Gasteiger partial charge in [0.05, 0.1) is 5.69 Å². The number of anilines is 1. The van der Waals surface area contributed by atoms with Crippen molar-refractivity contribution in [1.82, 2.24) is 4.98 Å². The lowest BCUT2D eigenvalue weighted by Gasteiger charge is -1.98. The van der Waals surface area contributed by atoms with E-state index in [9.17, 15) is 9.18 Å². The number of nitrogens with zero attached hydrogens (tertiary/aromatic N) is 1. The van der Waals surface area contributed by atoms with Crippen LogP contribution in [0, 0.1) is 12.7 Å². The average Bonchev–Trinajstić information content (AvgIpc) is 3.16. The molecular formula is C17H13FN2OS2. The third-order valence-electron chi connectivity index (χ3n) is 3.09. The molecule has 0 spiro atoms. The zero-order valence-electron chi connectivity index (χ0n) is 12.2. The van der Waals surface area contributed by atoms with E-state index in [1.165, 1.54) is 29.5 Å². The molecule has 0 saturated carbocycles. The maximum atomic E-state index is 13.0. The number of rotatable bonds is 4. The summed E-state index contributed by atoms with van der Waals surface area (Å²) in [5.74, 6) is -0.508. The monoisotopic (exact) mass is 344 g/mol. The fraction of sp³-hybridized carbons (Fsp3) is 0.0588. The van der Waals surface area contributed by atoms with Crippen molar-refractivity contribution in [3.63, 3.8) is 0 Å². The van der Waals surface area contributed by atoms with Gasteiger partial charge in [-0.25, -0.2) is 9.37 Å². The van der Waals surface area contributed by atoms with Gasteiger partial charge < -0.3 is 0 Å². The van der Waals surface area contributed by atoms with Crippen LogP contribution in [-0.4, -0.2) is 10.9 Å². The Labute approximate surface area is 141 Å². The summed E-state index contributed by atoms with van der Waals surface area (Å²) in [5, 5.41) is 5.24. The minimum absolute atomic E-state index is 0.224. The minimum atomic E-state index is -0.283. The highest BCUT2D eigenvalue weighted by atomic mass is 32.1. The molecule has 0 bridgehead atoms. The Bertz CT molecular complexity index is 836. The minimum Gasteiger partial charge on any atom is -0.298 e. The number of carbonyl (C=O) groups excluding carboxylic acids is 1. The Morgan fingerprint density at radius 3 is 2.74 bits per heavy atom. The van der Waals surface area contributed by atoms with Gasteiger partial charge in [0.15, 0.2) is 5.13 Å². The van der Waals surface area contributed by atoms with Crippen LogP contribution in [0.1, 0.15) is 9.75 Å². The van der Waals surface area contributed by atoms with E-state index in [0.717, 1.165) is 21.0 Å².